The van der Waals surface area contributed by atoms with E-state index in [1.165, 1.54) is 17.0 Å². The number of hydrogen-bond donors (Lipinski definition) is 4. The minimum absolute atomic E-state index is 0.0552. The third kappa shape index (κ3) is 2.35. The maximum Gasteiger partial charge on any atom is 0.407 e. The number of carbonyl (C=O) groups excluding carboxylic acids is 1. The van der Waals surface area contributed by atoms with Gasteiger partial charge in [0.25, 0.3) is 5.91 Å². The Kier molecular flexibility index (Phi) is 2.93. The fraction of sp³-hybridized carbons (Fsp3) is 0.429. The third-order valence-electron chi connectivity index (χ3n) is 4.31. The van der Waals surface area contributed by atoms with Crippen LogP contribution in [0.3, 0.4) is 0 Å². The zero-order valence-corrected chi connectivity index (χ0v) is 11.4. The second kappa shape index (κ2) is 4.54. The minimum atomic E-state index is -0.884. The van der Waals surface area contributed by atoms with Crippen LogP contribution in [0.15, 0.2) is 18.2 Å². The largest absolute Gasteiger partial charge is 0.506 e. The molecule has 7 nitrogen and oxygen atoms in total. The number of likely N-dealkylation sites (tertiary alicyclic amines) is 1. The normalized spacial score (nSPS) is 19.7. The maximum absolute atomic E-state index is 12.0. The number of phenols is 1. The number of amides is 2. The SMILES string of the molecule is Nc1ccc(C(=O)NC2CC3(C2)CN(C(=O)O)C3)cc1O. The number of carboxylic acid groups (broad SMARTS) is 1. The lowest BCUT2D eigenvalue weighted by molar-refractivity contribution is -0.0623. The molecule has 1 heterocycles. The molecule has 3 rings (SSSR count). The average molecular weight is 291 g/mol. The van der Waals surface area contributed by atoms with Gasteiger partial charge in [-0.1, -0.05) is 0 Å². The predicted molar refractivity (Wildman–Crippen MR) is 75.0 cm³/mol. The van der Waals surface area contributed by atoms with E-state index in [1.54, 1.807) is 6.07 Å². The highest BCUT2D eigenvalue weighted by Gasteiger charge is 2.54. The molecule has 1 saturated heterocycles. The van der Waals surface area contributed by atoms with Crippen molar-refractivity contribution >= 4 is 17.7 Å². The minimum Gasteiger partial charge on any atom is -0.506 e. The molecule has 0 aromatic heterocycles. The van der Waals surface area contributed by atoms with Crippen LogP contribution in [0.1, 0.15) is 23.2 Å². The molecule has 5 N–H and O–H groups in total. The van der Waals surface area contributed by atoms with Gasteiger partial charge in [0.05, 0.1) is 5.69 Å². The fourth-order valence-corrected chi connectivity index (χ4v) is 3.20. The van der Waals surface area contributed by atoms with Gasteiger partial charge in [0.2, 0.25) is 0 Å². The van der Waals surface area contributed by atoms with E-state index in [0.717, 1.165) is 12.8 Å². The summed E-state index contributed by atoms with van der Waals surface area (Å²) < 4.78 is 0. The van der Waals surface area contributed by atoms with Crippen LogP contribution in [0.2, 0.25) is 0 Å². The van der Waals surface area contributed by atoms with Crippen molar-refractivity contribution in [1.82, 2.24) is 10.2 Å². The lowest BCUT2D eigenvalue weighted by Crippen LogP contribution is -2.67. The molecule has 0 radical (unpaired) electrons. The summed E-state index contributed by atoms with van der Waals surface area (Å²) >= 11 is 0. The second-order valence-electron chi connectivity index (χ2n) is 5.99. The number of nitrogen functional groups attached to an aromatic ring is 1. The molecule has 2 fully saturated rings. The summed E-state index contributed by atoms with van der Waals surface area (Å²) in [5.41, 5.74) is 6.14. The monoisotopic (exact) mass is 291 g/mol. The van der Waals surface area contributed by atoms with Gasteiger partial charge in [-0.3, -0.25) is 4.79 Å². The van der Waals surface area contributed by atoms with Gasteiger partial charge in [-0.2, -0.15) is 0 Å². The number of nitrogens with one attached hydrogen (secondary N) is 1. The van der Waals surface area contributed by atoms with Crippen molar-refractivity contribution in [3.63, 3.8) is 0 Å². The summed E-state index contributed by atoms with van der Waals surface area (Å²) in [5, 5.41) is 21.2. The Morgan fingerprint density at radius 1 is 1.33 bits per heavy atom. The van der Waals surface area contributed by atoms with Gasteiger partial charge in [-0.15, -0.1) is 0 Å². The topological polar surface area (TPSA) is 116 Å². The molecule has 2 aliphatic rings. The van der Waals surface area contributed by atoms with E-state index in [2.05, 4.69) is 5.32 Å². The molecule has 112 valence electrons. The highest BCUT2D eigenvalue weighted by Crippen LogP contribution is 2.48. The Bertz CT molecular complexity index is 602. The molecule has 1 aromatic rings. The summed E-state index contributed by atoms with van der Waals surface area (Å²) in [6.45, 7) is 1.11. The molecule has 1 spiro atoms. The van der Waals surface area contributed by atoms with Crippen LogP contribution in [0.25, 0.3) is 0 Å². The molecule has 1 aliphatic heterocycles. The average Bonchev–Trinajstić information content (AvgIpc) is 2.33. The smallest absolute Gasteiger partial charge is 0.407 e. The van der Waals surface area contributed by atoms with Crippen LogP contribution < -0.4 is 11.1 Å². The lowest BCUT2D eigenvalue weighted by Gasteiger charge is -2.58. The summed E-state index contributed by atoms with van der Waals surface area (Å²) in [6.07, 6.45) is 0.706. The van der Waals surface area contributed by atoms with Crippen molar-refractivity contribution in [1.29, 1.82) is 0 Å². The molecule has 0 unspecified atom stereocenters. The number of nitrogens with zero attached hydrogens (tertiary/aromatic N) is 1. The quantitative estimate of drug-likeness (QED) is 0.476. The Morgan fingerprint density at radius 2 is 2.00 bits per heavy atom. The van der Waals surface area contributed by atoms with Crippen molar-refractivity contribution in [3.8, 4) is 5.75 Å². The summed E-state index contributed by atoms with van der Waals surface area (Å²) in [6, 6.07) is 4.46. The number of phenolic OH excluding ortho intramolecular Hbond substituents is 1. The van der Waals surface area contributed by atoms with Gasteiger partial charge >= 0.3 is 6.09 Å². The first kappa shape index (κ1) is 13.5. The van der Waals surface area contributed by atoms with Crippen molar-refractivity contribution in [2.24, 2.45) is 5.41 Å². The Hall–Kier alpha value is -2.44. The number of anilines is 1. The van der Waals surface area contributed by atoms with E-state index in [4.69, 9.17) is 10.8 Å². The van der Waals surface area contributed by atoms with Crippen molar-refractivity contribution in [3.05, 3.63) is 23.8 Å². The fourth-order valence-electron chi connectivity index (χ4n) is 3.20. The summed E-state index contributed by atoms with van der Waals surface area (Å²) in [5.74, 6) is -0.358. The Morgan fingerprint density at radius 3 is 2.57 bits per heavy atom. The number of aromatic hydroxyl groups is 1. The number of rotatable bonds is 2. The molecule has 2 amide bonds. The summed E-state index contributed by atoms with van der Waals surface area (Å²) in [7, 11) is 0. The molecule has 0 atom stereocenters. The van der Waals surface area contributed by atoms with E-state index in [-0.39, 0.29) is 28.8 Å². The third-order valence-corrected chi connectivity index (χ3v) is 4.31. The van der Waals surface area contributed by atoms with Crippen molar-refractivity contribution in [2.75, 3.05) is 18.8 Å². The van der Waals surface area contributed by atoms with Crippen molar-refractivity contribution < 1.29 is 19.8 Å². The first-order chi connectivity index (χ1) is 9.88. The van der Waals surface area contributed by atoms with Crippen LogP contribution in [0.4, 0.5) is 10.5 Å². The van der Waals surface area contributed by atoms with Gasteiger partial charge in [0.15, 0.2) is 0 Å². The Labute approximate surface area is 121 Å². The van der Waals surface area contributed by atoms with Crippen LogP contribution in [0, 0.1) is 5.41 Å². The standard InChI is InChI=1S/C14H17N3O4/c15-10-2-1-8(3-11(10)18)12(19)16-9-4-14(5-9)6-17(7-14)13(20)21/h1-3,9,18H,4-7,15H2,(H,16,19)(H,20,21). The molecule has 1 aromatic carbocycles. The van der Waals surface area contributed by atoms with Gasteiger partial charge in [0, 0.05) is 30.1 Å². The van der Waals surface area contributed by atoms with Gasteiger partial charge in [0.1, 0.15) is 5.75 Å². The molecular formula is C14H17N3O4. The van der Waals surface area contributed by atoms with Gasteiger partial charge in [-0.25, -0.2) is 4.79 Å². The number of carbonyl (C=O) groups is 2. The number of benzene rings is 1. The molecule has 0 bridgehead atoms. The second-order valence-corrected chi connectivity index (χ2v) is 5.99. The van der Waals surface area contributed by atoms with E-state index in [1.807, 2.05) is 0 Å². The predicted octanol–water partition coefficient (Wildman–Crippen LogP) is 0.847. The number of hydrogen-bond acceptors (Lipinski definition) is 4. The Balaban J connectivity index is 1.52. The maximum atomic E-state index is 12.0. The highest BCUT2D eigenvalue weighted by molar-refractivity contribution is 5.95. The molecular weight excluding hydrogens is 274 g/mol. The first-order valence-electron chi connectivity index (χ1n) is 6.76. The van der Waals surface area contributed by atoms with Crippen LogP contribution in [0.5, 0.6) is 5.75 Å². The molecule has 7 heteroatoms. The van der Waals surface area contributed by atoms with Crippen LogP contribution >= 0.6 is 0 Å². The first-order valence-corrected chi connectivity index (χ1v) is 6.76. The van der Waals surface area contributed by atoms with Gasteiger partial charge in [-0.05, 0) is 31.0 Å². The van der Waals surface area contributed by atoms with E-state index >= 15 is 0 Å². The van der Waals surface area contributed by atoms with E-state index in [9.17, 15) is 14.7 Å². The van der Waals surface area contributed by atoms with E-state index < -0.39 is 6.09 Å². The van der Waals surface area contributed by atoms with Crippen molar-refractivity contribution in [2.45, 2.75) is 18.9 Å². The lowest BCUT2D eigenvalue weighted by atomic mass is 9.61. The van der Waals surface area contributed by atoms with Gasteiger partial charge < -0.3 is 26.2 Å². The molecule has 21 heavy (non-hydrogen) atoms. The highest BCUT2D eigenvalue weighted by atomic mass is 16.4. The zero-order valence-electron chi connectivity index (χ0n) is 11.4. The number of nitrogens with two attached hydrogens (primary N) is 1. The zero-order chi connectivity index (χ0) is 15.2. The van der Waals surface area contributed by atoms with Crippen LogP contribution in [-0.4, -0.2) is 46.2 Å². The van der Waals surface area contributed by atoms with E-state index in [0.29, 0.717) is 18.7 Å². The summed E-state index contributed by atoms with van der Waals surface area (Å²) in [4.78, 5) is 24.2. The van der Waals surface area contributed by atoms with Crippen LogP contribution in [-0.2, 0) is 0 Å². The molecule has 1 aliphatic carbocycles. The molecule has 1 saturated carbocycles.